The van der Waals surface area contributed by atoms with Gasteiger partial charge in [-0.2, -0.15) is 0 Å². The second-order valence-electron chi connectivity index (χ2n) is 8.88. The molecule has 0 heterocycles. The molecule has 1 fully saturated rings. The number of rotatable bonds is 15. The molecule has 0 radical (unpaired) electrons. The molecule has 4 heteroatoms. The van der Waals surface area contributed by atoms with Crippen molar-refractivity contribution in [2.24, 2.45) is 0 Å². The SMILES string of the molecule is CCCCCCCCCCCCCOC(=O)c1ccccc1C(=O)OC1CCCCC1. The molecule has 1 aliphatic carbocycles. The van der Waals surface area contributed by atoms with Gasteiger partial charge in [0.25, 0.3) is 0 Å². The maximum Gasteiger partial charge on any atom is 0.339 e. The van der Waals surface area contributed by atoms with Crippen LogP contribution in [0.1, 0.15) is 130 Å². The van der Waals surface area contributed by atoms with Crippen LogP contribution >= 0.6 is 0 Å². The average Bonchev–Trinajstić information content (AvgIpc) is 2.80. The molecule has 1 aromatic carbocycles. The monoisotopic (exact) mass is 430 g/mol. The Kier molecular flexibility index (Phi) is 13.0. The molecule has 0 amide bonds. The third-order valence-electron chi connectivity index (χ3n) is 6.17. The number of unbranched alkanes of at least 4 members (excludes halogenated alkanes) is 10. The van der Waals surface area contributed by atoms with Crippen molar-refractivity contribution >= 4 is 11.9 Å². The third kappa shape index (κ3) is 10.3. The van der Waals surface area contributed by atoms with Crippen molar-refractivity contribution in [1.29, 1.82) is 0 Å². The molecule has 0 saturated heterocycles. The summed E-state index contributed by atoms with van der Waals surface area (Å²) in [6.07, 6.45) is 19.0. The molecule has 0 unspecified atom stereocenters. The zero-order valence-corrected chi connectivity index (χ0v) is 19.5. The van der Waals surface area contributed by atoms with Crippen LogP contribution in [0.2, 0.25) is 0 Å². The molecule has 0 aromatic heterocycles. The number of ether oxygens (including phenoxy) is 2. The highest BCUT2D eigenvalue weighted by atomic mass is 16.5. The van der Waals surface area contributed by atoms with Gasteiger partial charge in [0.05, 0.1) is 17.7 Å². The van der Waals surface area contributed by atoms with Crippen LogP contribution < -0.4 is 0 Å². The van der Waals surface area contributed by atoms with Gasteiger partial charge in [-0.1, -0.05) is 89.7 Å². The topological polar surface area (TPSA) is 52.6 Å². The van der Waals surface area contributed by atoms with Crippen LogP contribution in [-0.4, -0.2) is 24.6 Å². The predicted octanol–water partition coefficient (Wildman–Crippen LogP) is 7.64. The fourth-order valence-corrected chi connectivity index (χ4v) is 4.25. The van der Waals surface area contributed by atoms with Crippen molar-refractivity contribution in [3.05, 3.63) is 35.4 Å². The van der Waals surface area contributed by atoms with Gasteiger partial charge in [0.1, 0.15) is 6.10 Å². The Bertz CT molecular complexity index is 634. The minimum Gasteiger partial charge on any atom is -0.462 e. The first-order chi connectivity index (χ1) is 15.2. The number of benzene rings is 1. The van der Waals surface area contributed by atoms with Gasteiger partial charge in [0, 0.05) is 0 Å². The summed E-state index contributed by atoms with van der Waals surface area (Å²) in [7, 11) is 0. The van der Waals surface area contributed by atoms with Crippen molar-refractivity contribution in [2.45, 2.75) is 116 Å². The zero-order valence-electron chi connectivity index (χ0n) is 19.5. The summed E-state index contributed by atoms with van der Waals surface area (Å²) >= 11 is 0. The predicted molar refractivity (Wildman–Crippen MR) is 125 cm³/mol. The van der Waals surface area contributed by atoms with E-state index in [9.17, 15) is 9.59 Å². The molecule has 174 valence electrons. The van der Waals surface area contributed by atoms with E-state index in [0.29, 0.717) is 17.7 Å². The first-order valence-corrected chi connectivity index (χ1v) is 12.7. The molecule has 1 aromatic rings. The van der Waals surface area contributed by atoms with Gasteiger partial charge in [0.15, 0.2) is 0 Å². The Morgan fingerprint density at radius 1 is 0.742 bits per heavy atom. The highest BCUT2D eigenvalue weighted by Gasteiger charge is 2.23. The van der Waals surface area contributed by atoms with Crippen molar-refractivity contribution in [3.63, 3.8) is 0 Å². The number of carbonyl (C=O) groups excluding carboxylic acids is 2. The van der Waals surface area contributed by atoms with E-state index in [-0.39, 0.29) is 6.10 Å². The van der Waals surface area contributed by atoms with Gasteiger partial charge >= 0.3 is 11.9 Å². The maximum atomic E-state index is 12.6. The molecule has 4 nitrogen and oxygen atoms in total. The molecule has 1 aliphatic rings. The average molecular weight is 431 g/mol. The van der Waals surface area contributed by atoms with Gasteiger partial charge in [-0.05, 0) is 44.2 Å². The Morgan fingerprint density at radius 3 is 1.84 bits per heavy atom. The maximum absolute atomic E-state index is 12.6. The lowest BCUT2D eigenvalue weighted by Crippen LogP contribution is -2.22. The van der Waals surface area contributed by atoms with Gasteiger partial charge in [0.2, 0.25) is 0 Å². The van der Waals surface area contributed by atoms with Gasteiger partial charge in [-0.25, -0.2) is 9.59 Å². The van der Waals surface area contributed by atoms with Crippen molar-refractivity contribution < 1.29 is 19.1 Å². The van der Waals surface area contributed by atoms with E-state index in [1.165, 1.54) is 64.2 Å². The lowest BCUT2D eigenvalue weighted by atomic mass is 9.97. The Morgan fingerprint density at radius 2 is 1.26 bits per heavy atom. The molecule has 0 N–H and O–H groups in total. The summed E-state index contributed by atoms with van der Waals surface area (Å²) < 4.78 is 11.1. The van der Waals surface area contributed by atoms with E-state index in [1.807, 2.05) is 0 Å². The number of carbonyl (C=O) groups is 2. The number of hydrogen-bond donors (Lipinski definition) is 0. The van der Waals surface area contributed by atoms with E-state index in [1.54, 1.807) is 24.3 Å². The Balaban J connectivity index is 1.61. The largest absolute Gasteiger partial charge is 0.462 e. The number of esters is 2. The van der Waals surface area contributed by atoms with Crippen LogP contribution in [0.5, 0.6) is 0 Å². The summed E-state index contributed by atoms with van der Waals surface area (Å²) in [6, 6.07) is 6.83. The molecule has 0 spiro atoms. The first kappa shape index (κ1) is 25.4. The molecular formula is C27H42O4. The van der Waals surface area contributed by atoms with Gasteiger partial charge in [-0.3, -0.25) is 0 Å². The fraction of sp³-hybridized carbons (Fsp3) is 0.704. The van der Waals surface area contributed by atoms with Crippen molar-refractivity contribution in [3.8, 4) is 0 Å². The Labute approximate surface area is 189 Å². The lowest BCUT2D eigenvalue weighted by molar-refractivity contribution is 0.0203. The highest BCUT2D eigenvalue weighted by molar-refractivity contribution is 6.03. The zero-order chi connectivity index (χ0) is 22.2. The van der Waals surface area contributed by atoms with Crippen molar-refractivity contribution in [2.75, 3.05) is 6.61 Å². The fourth-order valence-electron chi connectivity index (χ4n) is 4.25. The minimum atomic E-state index is -0.428. The molecule has 0 aliphatic heterocycles. The summed E-state index contributed by atoms with van der Waals surface area (Å²) in [5, 5.41) is 0. The molecule has 2 rings (SSSR count). The number of hydrogen-bond acceptors (Lipinski definition) is 4. The van der Waals surface area contributed by atoms with Crippen LogP contribution in [0.25, 0.3) is 0 Å². The Hall–Kier alpha value is -1.84. The van der Waals surface area contributed by atoms with E-state index < -0.39 is 11.9 Å². The van der Waals surface area contributed by atoms with E-state index in [0.717, 1.165) is 38.5 Å². The molecule has 0 atom stereocenters. The van der Waals surface area contributed by atoms with Crippen LogP contribution in [0, 0.1) is 0 Å². The molecule has 0 bridgehead atoms. The van der Waals surface area contributed by atoms with E-state index in [2.05, 4.69) is 6.92 Å². The molecular weight excluding hydrogens is 388 g/mol. The van der Waals surface area contributed by atoms with Crippen molar-refractivity contribution in [1.82, 2.24) is 0 Å². The molecule has 1 saturated carbocycles. The second-order valence-corrected chi connectivity index (χ2v) is 8.88. The molecule has 31 heavy (non-hydrogen) atoms. The first-order valence-electron chi connectivity index (χ1n) is 12.7. The van der Waals surface area contributed by atoms with E-state index in [4.69, 9.17) is 9.47 Å². The summed E-state index contributed by atoms with van der Waals surface area (Å²) in [5.74, 6) is -0.836. The smallest absolute Gasteiger partial charge is 0.339 e. The summed E-state index contributed by atoms with van der Waals surface area (Å²) in [5.41, 5.74) is 0.628. The summed E-state index contributed by atoms with van der Waals surface area (Å²) in [6.45, 7) is 2.66. The lowest BCUT2D eigenvalue weighted by Gasteiger charge is -2.22. The minimum absolute atomic E-state index is 0.0262. The standard InChI is InChI=1S/C27H42O4/c1-2-3-4-5-6-7-8-9-10-11-17-22-30-26(28)24-20-15-16-21-25(24)27(29)31-23-18-13-12-14-19-23/h15-16,20-21,23H,2-14,17-19,22H2,1H3. The van der Waals surface area contributed by atoms with Crippen LogP contribution in [-0.2, 0) is 9.47 Å². The van der Waals surface area contributed by atoms with Crippen LogP contribution in [0.3, 0.4) is 0 Å². The summed E-state index contributed by atoms with van der Waals surface area (Å²) in [4.78, 5) is 25.1. The van der Waals surface area contributed by atoms with Crippen LogP contribution in [0.15, 0.2) is 24.3 Å². The second kappa shape index (κ2) is 15.9. The van der Waals surface area contributed by atoms with E-state index >= 15 is 0 Å². The quantitative estimate of drug-likeness (QED) is 0.212. The third-order valence-corrected chi connectivity index (χ3v) is 6.17. The van der Waals surface area contributed by atoms with Crippen LogP contribution in [0.4, 0.5) is 0 Å². The normalized spacial score (nSPS) is 14.4. The van der Waals surface area contributed by atoms with Gasteiger partial charge in [-0.15, -0.1) is 0 Å². The highest BCUT2D eigenvalue weighted by Crippen LogP contribution is 2.22. The van der Waals surface area contributed by atoms with Gasteiger partial charge < -0.3 is 9.47 Å².